The quantitative estimate of drug-likeness (QED) is 0.395. The maximum atomic E-state index is 11.6. The number of carbonyl (C=O) groups excluding carboxylic acids is 1. The molecule has 7 nitrogen and oxygen atoms in total. The molecule has 1 aromatic carbocycles. The van der Waals surface area contributed by atoms with E-state index in [1.165, 1.54) is 0 Å². The number of hydrogen-bond donors (Lipinski definition) is 3. The van der Waals surface area contributed by atoms with E-state index in [1.54, 1.807) is 7.05 Å². The van der Waals surface area contributed by atoms with Crippen LogP contribution in [-0.2, 0) is 11.3 Å². The Morgan fingerprint density at radius 2 is 1.85 bits per heavy atom. The first-order chi connectivity index (χ1) is 12.9. The number of benzene rings is 1. The minimum absolute atomic E-state index is 0.00618. The van der Waals surface area contributed by atoms with Gasteiger partial charge in [0.25, 0.3) is 0 Å². The average Bonchev–Trinajstić information content (AvgIpc) is 2.99. The molecule has 2 aromatic rings. The second-order valence-corrected chi connectivity index (χ2v) is 6.77. The van der Waals surface area contributed by atoms with Crippen LogP contribution in [0.2, 0.25) is 0 Å². The van der Waals surface area contributed by atoms with Gasteiger partial charge in [0.15, 0.2) is 5.96 Å². The molecule has 1 amide bonds. The lowest BCUT2D eigenvalue weighted by Gasteiger charge is -2.15. The number of nitrogens with zero attached hydrogens (tertiary/aromatic N) is 3. The van der Waals surface area contributed by atoms with Crippen LogP contribution in [0.1, 0.15) is 30.8 Å². The number of aliphatic imine (C=N–C) groups is 1. The Hall–Kier alpha value is -2.83. The van der Waals surface area contributed by atoms with Gasteiger partial charge in [0, 0.05) is 38.3 Å². The normalized spacial score (nSPS) is 11.6. The molecule has 0 spiro atoms. The standard InChI is InChI=1S/C20H30N6O/c1-14(2)19(27)22-10-11-23-20(21-5)24-13-17-8-6-7-9-18(17)26-16(4)12-15(3)25-26/h6-9,12,14H,10-11,13H2,1-5H3,(H,22,27)(H2,21,23,24). The zero-order valence-corrected chi connectivity index (χ0v) is 16.8. The third kappa shape index (κ3) is 5.84. The first kappa shape index (κ1) is 20.5. The zero-order chi connectivity index (χ0) is 19.8. The molecular formula is C20H30N6O. The Morgan fingerprint density at radius 3 is 2.48 bits per heavy atom. The van der Waals surface area contributed by atoms with Gasteiger partial charge in [0.05, 0.1) is 11.4 Å². The molecule has 0 fully saturated rings. The Labute approximate surface area is 161 Å². The summed E-state index contributed by atoms with van der Waals surface area (Å²) in [5.74, 6) is 0.740. The molecule has 1 aromatic heterocycles. The Balaban J connectivity index is 1.94. The molecule has 2 rings (SSSR count). The molecule has 0 aliphatic heterocycles. The van der Waals surface area contributed by atoms with Gasteiger partial charge < -0.3 is 16.0 Å². The first-order valence-corrected chi connectivity index (χ1v) is 9.26. The summed E-state index contributed by atoms with van der Waals surface area (Å²) in [6.45, 7) is 9.58. The fourth-order valence-electron chi connectivity index (χ4n) is 2.71. The molecular weight excluding hydrogens is 340 g/mol. The van der Waals surface area contributed by atoms with Gasteiger partial charge >= 0.3 is 0 Å². The van der Waals surface area contributed by atoms with E-state index in [-0.39, 0.29) is 11.8 Å². The van der Waals surface area contributed by atoms with Crippen LogP contribution in [0.25, 0.3) is 5.69 Å². The Bertz CT molecular complexity index is 794. The van der Waals surface area contributed by atoms with E-state index in [9.17, 15) is 4.79 Å². The molecule has 146 valence electrons. The fraction of sp³-hybridized carbons (Fsp3) is 0.450. The van der Waals surface area contributed by atoms with Gasteiger partial charge in [-0.1, -0.05) is 32.0 Å². The van der Waals surface area contributed by atoms with Gasteiger partial charge in [-0.05, 0) is 31.5 Å². The smallest absolute Gasteiger partial charge is 0.222 e. The molecule has 0 radical (unpaired) electrons. The number of rotatable bonds is 7. The average molecular weight is 371 g/mol. The van der Waals surface area contributed by atoms with Crippen molar-refractivity contribution in [2.24, 2.45) is 10.9 Å². The number of hydrogen-bond acceptors (Lipinski definition) is 3. The molecule has 7 heteroatoms. The molecule has 0 unspecified atom stereocenters. The van der Waals surface area contributed by atoms with Crippen molar-refractivity contribution in [1.82, 2.24) is 25.7 Å². The molecule has 0 aliphatic carbocycles. The minimum atomic E-state index is -0.00618. The van der Waals surface area contributed by atoms with Crippen molar-refractivity contribution in [3.05, 3.63) is 47.3 Å². The summed E-state index contributed by atoms with van der Waals surface area (Å²) in [5, 5.41) is 14.0. The van der Waals surface area contributed by atoms with Crippen molar-refractivity contribution in [1.29, 1.82) is 0 Å². The number of guanidine groups is 1. The van der Waals surface area contributed by atoms with Crippen LogP contribution in [0.15, 0.2) is 35.3 Å². The Kier molecular flexibility index (Phi) is 7.40. The summed E-state index contributed by atoms with van der Waals surface area (Å²) in [4.78, 5) is 15.8. The predicted molar refractivity (Wildman–Crippen MR) is 109 cm³/mol. The number of para-hydroxylation sites is 1. The van der Waals surface area contributed by atoms with Crippen LogP contribution >= 0.6 is 0 Å². The number of aryl methyl sites for hydroxylation is 2. The van der Waals surface area contributed by atoms with Crippen molar-refractivity contribution in [2.75, 3.05) is 20.1 Å². The lowest BCUT2D eigenvalue weighted by molar-refractivity contribution is -0.123. The van der Waals surface area contributed by atoms with Crippen molar-refractivity contribution < 1.29 is 4.79 Å². The van der Waals surface area contributed by atoms with Crippen LogP contribution in [0, 0.1) is 19.8 Å². The third-order valence-electron chi connectivity index (χ3n) is 4.14. The summed E-state index contributed by atoms with van der Waals surface area (Å²) in [5.41, 5.74) is 4.27. The first-order valence-electron chi connectivity index (χ1n) is 9.26. The van der Waals surface area contributed by atoms with E-state index in [1.807, 2.05) is 37.6 Å². The van der Waals surface area contributed by atoms with E-state index in [2.05, 4.69) is 51.2 Å². The van der Waals surface area contributed by atoms with Gasteiger partial charge in [-0.25, -0.2) is 4.68 Å². The highest BCUT2D eigenvalue weighted by molar-refractivity contribution is 5.80. The summed E-state index contributed by atoms with van der Waals surface area (Å²) in [7, 11) is 1.73. The summed E-state index contributed by atoms with van der Waals surface area (Å²) in [6.07, 6.45) is 0. The molecule has 3 N–H and O–H groups in total. The summed E-state index contributed by atoms with van der Waals surface area (Å²) < 4.78 is 1.96. The van der Waals surface area contributed by atoms with Gasteiger partial charge in [0.2, 0.25) is 5.91 Å². The monoisotopic (exact) mass is 370 g/mol. The largest absolute Gasteiger partial charge is 0.355 e. The Morgan fingerprint density at radius 1 is 1.15 bits per heavy atom. The van der Waals surface area contributed by atoms with Crippen LogP contribution < -0.4 is 16.0 Å². The molecule has 1 heterocycles. The lowest BCUT2D eigenvalue weighted by atomic mass is 10.1. The maximum Gasteiger partial charge on any atom is 0.222 e. The molecule has 0 saturated heterocycles. The predicted octanol–water partition coefficient (Wildman–Crippen LogP) is 1.93. The van der Waals surface area contributed by atoms with Crippen LogP contribution in [0.3, 0.4) is 0 Å². The van der Waals surface area contributed by atoms with E-state index in [4.69, 9.17) is 0 Å². The number of nitrogens with one attached hydrogen (secondary N) is 3. The molecule has 27 heavy (non-hydrogen) atoms. The van der Waals surface area contributed by atoms with Crippen LogP contribution in [-0.4, -0.2) is 41.8 Å². The van der Waals surface area contributed by atoms with Crippen molar-refractivity contribution in [3.8, 4) is 5.69 Å². The fourth-order valence-corrected chi connectivity index (χ4v) is 2.71. The topological polar surface area (TPSA) is 83.3 Å². The molecule has 0 aliphatic rings. The summed E-state index contributed by atoms with van der Waals surface area (Å²) in [6, 6.07) is 10.2. The molecule has 0 saturated carbocycles. The number of carbonyl (C=O) groups is 1. The third-order valence-corrected chi connectivity index (χ3v) is 4.14. The van der Waals surface area contributed by atoms with Crippen LogP contribution in [0.5, 0.6) is 0 Å². The van der Waals surface area contributed by atoms with E-state index in [0.29, 0.717) is 25.6 Å². The highest BCUT2D eigenvalue weighted by atomic mass is 16.1. The highest BCUT2D eigenvalue weighted by Crippen LogP contribution is 2.16. The number of aromatic nitrogens is 2. The minimum Gasteiger partial charge on any atom is -0.355 e. The van der Waals surface area contributed by atoms with E-state index < -0.39 is 0 Å². The van der Waals surface area contributed by atoms with Gasteiger partial charge in [-0.3, -0.25) is 9.79 Å². The van der Waals surface area contributed by atoms with Crippen molar-refractivity contribution in [3.63, 3.8) is 0 Å². The maximum absolute atomic E-state index is 11.6. The van der Waals surface area contributed by atoms with Gasteiger partial charge in [-0.2, -0.15) is 5.10 Å². The lowest BCUT2D eigenvalue weighted by Crippen LogP contribution is -2.41. The molecule has 0 atom stereocenters. The van der Waals surface area contributed by atoms with Crippen LogP contribution in [0.4, 0.5) is 0 Å². The van der Waals surface area contributed by atoms with Gasteiger partial charge in [-0.15, -0.1) is 0 Å². The number of amides is 1. The second-order valence-electron chi connectivity index (χ2n) is 6.77. The van der Waals surface area contributed by atoms with E-state index >= 15 is 0 Å². The van der Waals surface area contributed by atoms with Crippen molar-refractivity contribution >= 4 is 11.9 Å². The molecule has 0 bridgehead atoms. The second kappa shape index (κ2) is 9.75. The van der Waals surface area contributed by atoms with E-state index in [0.717, 1.165) is 22.6 Å². The van der Waals surface area contributed by atoms with Gasteiger partial charge in [0.1, 0.15) is 0 Å². The SMILES string of the molecule is CN=C(NCCNC(=O)C(C)C)NCc1ccccc1-n1nc(C)cc1C. The summed E-state index contributed by atoms with van der Waals surface area (Å²) >= 11 is 0. The highest BCUT2D eigenvalue weighted by Gasteiger charge is 2.09. The zero-order valence-electron chi connectivity index (χ0n) is 16.8. The van der Waals surface area contributed by atoms with Crippen molar-refractivity contribution in [2.45, 2.75) is 34.2 Å².